The van der Waals surface area contributed by atoms with Gasteiger partial charge in [-0.15, -0.1) is 0 Å². The Hall–Kier alpha value is -1.72. The Balaban J connectivity index is 1.85. The average Bonchev–Trinajstić information content (AvgIpc) is 2.58. The summed E-state index contributed by atoms with van der Waals surface area (Å²) in [5.74, 6) is 0.260. The molecule has 26 heavy (non-hydrogen) atoms. The molecule has 2 N–H and O–H groups in total. The molecule has 2 amide bonds. The van der Waals surface area contributed by atoms with Gasteiger partial charge >= 0.3 is 12.0 Å². The van der Waals surface area contributed by atoms with Crippen LogP contribution in [0.3, 0.4) is 0 Å². The van der Waals surface area contributed by atoms with Crippen LogP contribution in [0.2, 0.25) is 10.0 Å². The largest absolute Gasteiger partial charge is 0.459 e. The van der Waals surface area contributed by atoms with E-state index in [1.165, 1.54) is 0 Å². The van der Waals surface area contributed by atoms with Crippen LogP contribution >= 0.6 is 23.2 Å². The van der Waals surface area contributed by atoms with E-state index in [2.05, 4.69) is 17.6 Å². The lowest BCUT2D eigenvalue weighted by Crippen LogP contribution is -2.45. The molecule has 140 valence electrons. The van der Waals surface area contributed by atoms with Crippen LogP contribution in [0.5, 0.6) is 0 Å². The monoisotopic (exact) mass is 396 g/mol. The Morgan fingerprint density at radius 1 is 1.15 bits per heavy atom. The fourth-order valence-corrected chi connectivity index (χ4v) is 3.78. The van der Waals surface area contributed by atoms with Gasteiger partial charge in [-0.25, -0.2) is 9.59 Å². The number of carbonyl (C=O) groups excluding carboxylic acids is 2. The highest BCUT2D eigenvalue weighted by Crippen LogP contribution is 2.33. The second-order valence-electron chi connectivity index (χ2n) is 7.03. The molecule has 1 aliphatic carbocycles. The van der Waals surface area contributed by atoms with Crippen LogP contribution in [-0.2, 0) is 9.53 Å². The van der Waals surface area contributed by atoms with Crippen molar-refractivity contribution in [2.75, 3.05) is 0 Å². The van der Waals surface area contributed by atoms with Crippen molar-refractivity contribution < 1.29 is 14.3 Å². The third-order valence-electron chi connectivity index (χ3n) is 5.00. The van der Waals surface area contributed by atoms with E-state index in [0.29, 0.717) is 32.8 Å². The molecule has 0 saturated heterocycles. The summed E-state index contributed by atoms with van der Waals surface area (Å²) >= 11 is 12.1. The van der Waals surface area contributed by atoms with Crippen molar-refractivity contribution in [2.24, 2.45) is 5.92 Å². The zero-order valence-corrected chi connectivity index (χ0v) is 16.3. The van der Waals surface area contributed by atoms with Crippen molar-refractivity contribution in [3.8, 4) is 0 Å². The topological polar surface area (TPSA) is 67.4 Å². The van der Waals surface area contributed by atoms with Gasteiger partial charge < -0.3 is 15.4 Å². The van der Waals surface area contributed by atoms with Crippen LogP contribution in [0.4, 0.5) is 4.79 Å². The number of carbonyl (C=O) groups is 2. The number of urea groups is 1. The molecule has 5 nitrogen and oxygen atoms in total. The maximum Gasteiger partial charge on any atom is 0.338 e. The number of amides is 2. The van der Waals surface area contributed by atoms with E-state index in [-0.39, 0.29) is 12.1 Å². The normalized spacial score (nSPS) is 26.2. The van der Waals surface area contributed by atoms with Gasteiger partial charge in [-0.2, -0.15) is 0 Å². The number of rotatable bonds is 3. The lowest BCUT2D eigenvalue weighted by atomic mass is 9.89. The van der Waals surface area contributed by atoms with Gasteiger partial charge in [0.25, 0.3) is 0 Å². The molecule has 1 atom stereocenters. The van der Waals surface area contributed by atoms with E-state index in [4.69, 9.17) is 27.9 Å². The lowest BCUT2D eigenvalue weighted by molar-refractivity contribution is -0.146. The van der Waals surface area contributed by atoms with Crippen LogP contribution in [0, 0.1) is 5.92 Å². The Kier molecular flexibility index (Phi) is 5.78. The SMILES string of the molecule is CC1=C(C(=O)OC2CCC(C)CC2)C(c2ccc(Cl)c(Cl)c2)NC(=O)N1. The predicted octanol–water partition coefficient (Wildman–Crippen LogP) is 4.74. The Labute approximate surface area is 163 Å². The minimum absolute atomic E-state index is 0.0777. The van der Waals surface area contributed by atoms with Gasteiger partial charge in [0.05, 0.1) is 21.7 Å². The summed E-state index contributed by atoms with van der Waals surface area (Å²) in [5.41, 5.74) is 1.55. The summed E-state index contributed by atoms with van der Waals surface area (Å²) < 4.78 is 5.74. The number of esters is 1. The molecule has 1 fully saturated rings. The fourth-order valence-electron chi connectivity index (χ4n) is 3.47. The van der Waals surface area contributed by atoms with Crippen molar-refractivity contribution in [3.63, 3.8) is 0 Å². The molecular weight excluding hydrogens is 375 g/mol. The zero-order valence-electron chi connectivity index (χ0n) is 14.8. The summed E-state index contributed by atoms with van der Waals surface area (Å²) in [4.78, 5) is 24.8. The quantitative estimate of drug-likeness (QED) is 0.724. The van der Waals surface area contributed by atoms with E-state index in [1.54, 1.807) is 25.1 Å². The lowest BCUT2D eigenvalue weighted by Gasteiger charge is -2.31. The van der Waals surface area contributed by atoms with Gasteiger partial charge in [0.1, 0.15) is 6.10 Å². The first kappa shape index (κ1) is 19.1. The van der Waals surface area contributed by atoms with E-state index in [0.717, 1.165) is 25.7 Å². The first-order chi connectivity index (χ1) is 12.3. The first-order valence-electron chi connectivity index (χ1n) is 8.79. The fraction of sp³-hybridized carbons (Fsp3) is 0.474. The van der Waals surface area contributed by atoms with Crippen LogP contribution in [0.15, 0.2) is 29.5 Å². The van der Waals surface area contributed by atoms with E-state index in [1.807, 2.05) is 0 Å². The summed E-state index contributed by atoms with van der Waals surface area (Å²) in [6.45, 7) is 3.91. The molecule has 0 radical (unpaired) electrons. The number of ether oxygens (including phenoxy) is 1. The molecule has 1 heterocycles. The second kappa shape index (κ2) is 7.89. The molecule has 1 aliphatic heterocycles. The molecule has 7 heteroatoms. The first-order valence-corrected chi connectivity index (χ1v) is 9.55. The molecule has 1 unspecified atom stereocenters. The van der Waals surface area contributed by atoms with Crippen LogP contribution in [0.1, 0.15) is 51.1 Å². The highest BCUT2D eigenvalue weighted by atomic mass is 35.5. The third kappa shape index (κ3) is 4.15. The van der Waals surface area contributed by atoms with Crippen molar-refractivity contribution in [1.29, 1.82) is 0 Å². The molecule has 0 aromatic heterocycles. The van der Waals surface area contributed by atoms with Gasteiger partial charge in [-0.3, -0.25) is 0 Å². The maximum absolute atomic E-state index is 12.9. The van der Waals surface area contributed by atoms with Crippen LogP contribution in [0.25, 0.3) is 0 Å². The summed E-state index contributed by atoms with van der Waals surface area (Å²) in [5, 5.41) is 6.20. The van der Waals surface area contributed by atoms with Crippen molar-refractivity contribution in [2.45, 2.75) is 51.7 Å². The number of nitrogens with one attached hydrogen (secondary N) is 2. The summed E-state index contributed by atoms with van der Waals surface area (Å²) in [6, 6.07) is 4.04. The molecular formula is C19H22Cl2N2O3. The molecule has 3 rings (SSSR count). The maximum atomic E-state index is 12.9. The smallest absolute Gasteiger partial charge is 0.338 e. The number of halogens is 2. The number of allylic oxidation sites excluding steroid dienone is 1. The number of hydrogen-bond donors (Lipinski definition) is 2. The molecule has 0 spiro atoms. The molecule has 1 aromatic carbocycles. The Bertz CT molecular complexity index is 755. The number of hydrogen-bond acceptors (Lipinski definition) is 3. The molecule has 1 saturated carbocycles. The van der Waals surface area contributed by atoms with Crippen LogP contribution < -0.4 is 10.6 Å². The highest BCUT2D eigenvalue weighted by Gasteiger charge is 2.34. The summed E-state index contributed by atoms with van der Waals surface area (Å²) in [7, 11) is 0. The van der Waals surface area contributed by atoms with Gasteiger partial charge in [0, 0.05) is 5.70 Å². The Morgan fingerprint density at radius 2 is 1.85 bits per heavy atom. The van der Waals surface area contributed by atoms with Gasteiger partial charge in [-0.1, -0.05) is 36.2 Å². The van der Waals surface area contributed by atoms with E-state index < -0.39 is 12.0 Å². The van der Waals surface area contributed by atoms with Crippen molar-refractivity contribution >= 4 is 35.2 Å². The number of benzene rings is 1. The van der Waals surface area contributed by atoms with Gasteiger partial charge in [0.15, 0.2) is 0 Å². The molecule has 0 bridgehead atoms. The molecule has 2 aliphatic rings. The predicted molar refractivity (Wildman–Crippen MR) is 101 cm³/mol. The highest BCUT2D eigenvalue weighted by molar-refractivity contribution is 6.42. The minimum Gasteiger partial charge on any atom is -0.459 e. The minimum atomic E-state index is -0.631. The molecule has 1 aromatic rings. The van der Waals surface area contributed by atoms with E-state index in [9.17, 15) is 9.59 Å². The Morgan fingerprint density at radius 3 is 2.50 bits per heavy atom. The summed E-state index contributed by atoms with van der Waals surface area (Å²) in [6.07, 6.45) is 3.78. The van der Waals surface area contributed by atoms with Crippen molar-refractivity contribution in [1.82, 2.24) is 10.6 Å². The third-order valence-corrected chi connectivity index (χ3v) is 5.74. The standard InChI is InChI=1S/C19H22Cl2N2O3/c1-10-3-6-13(7-4-10)26-18(24)16-11(2)22-19(25)23-17(16)12-5-8-14(20)15(21)9-12/h5,8-10,13,17H,3-4,6-7H2,1-2H3,(H2,22,23,25). The van der Waals surface area contributed by atoms with Crippen molar-refractivity contribution in [3.05, 3.63) is 45.1 Å². The van der Waals surface area contributed by atoms with Gasteiger partial charge in [-0.05, 0) is 56.2 Å². The zero-order chi connectivity index (χ0) is 18.8. The second-order valence-corrected chi connectivity index (χ2v) is 7.85. The van der Waals surface area contributed by atoms with E-state index >= 15 is 0 Å². The van der Waals surface area contributed by atoms with Gasteiger partial charge in [0.2, 0.25) is 0 Å². The average molecular weight is 397 g/mol. The van der Waals surface area contributed by atoms with Crippen LogP contribution in [-0.4, -0.2) is 18.1 Å².